The third-order valence-corrected chi connectivity index (χ3v) is 8.45. The molecule has 0 saturated heterocycles. The number of ether oxygens (including phenoxy) is 1. The van der Waals surface area contributed by atoms with E-state index in [-0.39, 0.29) is 40.9 Å². The molecule has 12 nitrogen and oxygen atoms in total. The van der Waals surface area contributed by atoms with Crippen molar-refractivity contribution in [1.29, 1.82) is 0 Å². The van der Waals surface area contributed by atoms with E-state index >= 15 is 0 Å². The summed E-state index contributed by atoms with van der Waals surface area (Å²) in [5.41, 5.74) is 8.87. The van der Waals surface area contributed by atoms with Gasteiger partial charge in [0.1, 0.15) is 13.2 Å². The number of anilines is 2. The molecule has 0 radical (unpaired) electrons. The zero-order chi connectivity index (χ0) is 31.8. The summed E-state index contributed by atoms with van der Waals surface area (Å²) in [5.74, 6) is -1.08. The van der Waals surface area contributed by atoms with Crippen LogP contribution in [0.2, 0.25) is 0 Å². The molecule has 0 fully saturated rings. The lowest BCUT2D eigenvalue weighted by Gasteiger charge is -2.35. The number of sulfonamides is 1. The molecule has 44 heavy (non-hydrogen) atoms. The second kappa shape index (κ2) is 11.7. The van der Waals surface area contributed by atoms with Crippen molar-refractivity contribution in [2.45, 2.75) is 58.5 Å². The Bertz CT molecular complexity index is 1830. The summed E-state index contributed by atoms with van der Waals surface area (Å²) in [6.45, 7) is 9.88. The number of nitrogens with zero attached hydrogens (tertiary/aromatic N) is 5. The number of amides is 2. The van der Waals surface area contributed by atoms with Gasteiger partial charge in [-0.3, -0.25) is 19.2 Å². The summed E-state index contributed by atoms with van der Waals surface area (Å²) in [7, 11) is -4.20. The first-order valence-corrected chi connectivity index (χ1v) is 15.5. The first-order chi connectivity index (χ1) is 20.7. The van der Waals surface area contributed by atoms with Crippen molar-refractivity contribution < 1.29 is 22.7 Å². The molecule has 230 valence electrons. The van der Waals surface area contributed by atoms with Crippen LogP contribution < -0.4 is 20.1 Å². The van der Waals surface area contributed by atoms with Crippen molar-refractivity contribution in [3.05, 3.63) is 77.6 Å². The number of primary amides is 1. The summed E-state index contributed by atoms with van der Waals surface area (Å²) in [5, 5.41) is 4.23. The van der Waals surface area contributed by atoms with E-state index in [0.717, 1.165) is 16.7 Å². The third-order valence-electron chi connectivity index (χ3n) is 7.13. The van der Waals surface area contributed by atoms with Crippen LogP contribution >= 0.6 is 0 Å². The van der Waals surface area contributed by atoms with Crippen LogP contribution in [-0.4, -0.2) is 52.6 Å². The smallest absolute Gasteiger partial charge is 0.264 e. The molecule has 0 saturated carbocycles. The number of aromatic nitrogens is 4. The predicted molar refractivity (Wildman–Crippen MR) is 166 cm³/mol. The maximum Gasteiger partial charge on any atom is 0.264 e. The van der Waals surface area contributed by atoms with Gasteiger partial charge in [-0.15, -0.1) is 0 Å². The molecule has 5 rings (SSSR count). The highest BCUT2D eigenvalue weighted by molar-refractivity contribution is 7.92. The highest BCUT2D eigenvalue weighted by atomic mass is 32.2. The van der Waals surface area contributed by atoms with E-state index in [0.29, 0.717) is 17.8 Å². The molecule has 3 N–H and O–H groups in total. The normalized spacial score (nSPS) is 16.6. The van der Waals surface area contributed by atoms with Crippen molar-refractivity contribution in [2.75, 3.05) is 16.2 Å². The lowest BCUT2D eigenvalue weighted by Crippen LogP contribution is -2.46. The number of aryl methyl sites for hydroxylation is 2. The average molecular weight is 618 g/mol. The second-order valence-electron chi connectivity index (χ2n) is 12.1. The highest BCUT2D eigenvalue weighted by Crippen LogP contribution is 2.32. The molecular formula is C31H35N7O5S. The van der Waals surface area contributed by atoms with Crippen LogP contribution in [-0.2, 0) is 21.4 Å². The fourth-order valence-corrected chi connectivity index (χ4v) is 6.33. The van der Waals surface area contributed by atoms with Gasteiger partial charge in [-0.25, -0.2) is 18.1 Å². The Morgan fingerprint density at radius 2 is 1.80 bits per heavy atom. The van der Waals surface area contributed by atoms with Crippen LogP contribution in [0, 0.1) is 19.3 Å². The highest BCUT2D eigenvalue weighted by Gasteiger charge is 2.33. The van der Waals surface area contributed by atoms with Gasteiger partial charge in [-0.05, 0) is 55.0 Å². The molecule has 1 aliphatic heterocycles. The van der Waals surface area contributed by atoms with Gasteiger partial charge in [0.15, 0.2) is 0 Å². The molecule has 0 spiro atoms. The molecule has 4 bridgehead atoms. The molecule has 4 aromatic rings. The monoisotopic (exact) mass is 617 g/mol. The van der Waals surface area contributed by atoms with Gasteiger partial charge in [0.2, 0.25) is 17.7 Å². The van der Waals surface area contributed by atoms with E-state index in [9.17, 15) is 18.0 Å². The van der Waals surface area contributed by atoms with Gasteiger partial charge in [0.05, 0.1) is 28.5 Å². The van der Waals surface area contributed by atoms with Crippen molar-refractivity contribution >= 4 is 33.5 Å². The largest absolute Gasteiger partial charge is 0.475 e. The third kappa shape index (κ3) is 6.72. The summed E-state index contributed by atoms with van der Waals surface area (Å²) in [6.07, 6.45) is 3.52. The van der Waals surface area contributed by atoms with E-state index in [1.54, 1.807) is 18.3 Å². The lowest BCUT2D eigenvalue weighted by atomic mass is 9.87. The standard InChI is InChI=1S/C31H35N7O5S/c1-19-8-6-9-20(2)28(19)25-13-27-35-30(34-25)36-44(41,42)24-11-7-10-21(12-24)29(40)38(22(18-43-27)14-31(3,4)5)23-15-33-37(16-23)17-26(32)39/h6-13,15-16,22H,14,17-18H2,1-5H3,(H2,32,39)(H,34,35,36)/t22-/m1/s1. The number of fused-ring (bicyclic) bond motifs is 4. The Labute approximate surface area is 256 Å². The Hall–Kier alpha value is -4.78. The van der Waals surface area contributed by atoms with Gasteiger partial charge in [-0.2, -0.15) is 10.1 Å². The van der Waals surface area contributed by atoms with Gasteiger partial charge >= 0.3 is 0 Å². The minimum atomic E-state index is -4.20. The maximum atomic E-state index is 14.3. The Morgan fingerprint density at radius 1 is 1.09 bits per heavy atom. The fourth-order valence-electron chi connectivity index (χ4n) is 5.34. The molecule has 13 heteroatoms. The fraction of sp³-hybridized carbons (Fsp3) is 0.323. The number of carbonyl (C=O) groups excluding carboxylic acids is 2. The zero-order valence-electron chi connectivity index (χ0n) is 25.2. The number of rotatable bonds is 5. The molecule has 3 heterocycles. The van der Waals surface area contributed by atoms with Crippen LogP contribution in [0.5, 0.6) is 5.88 Å². The van der Waals surface area contributed by atoms with Crippen molar-refractivity contribution in [2.24, 2.45) is 11.1 Å². The molecule has 2 aromatic heterocycles. The Morgan fingerprint density at radius 3 is 2.48 bits per heavy atom. The van der Waals surface area contributed by atoms with E-state index in [2.05, 4.69) is 19.8 Å². The van der Waals surface area contributed by atoms with Gasteiger partial charge in [-0.1, -0.05) is 45.0 Å². The molecule has 1 aliphatic rings. The van der Waals surface area contributed by atoms with E-state index in [4.69, 9.17) is 10.5 Å². The summed E-state index contributed by atoms with van der Waals surface area (Å²) < 4.78 is 37.2. The molecule has 0 unspecified atom stereocenters. The summed E-state index contributed by atoms with van der Waals surface area (Å²) in [6, 6.07) is 12.7. The van der Waals surface area contributed by atoms with Gasteiger partial charge < -0.3 is 10.5 Å². The molecule has 2 aromatic carbocycles. The van der Waals surface area contributed by atoms with Gasteiger partial charge in [0.25, 0.3) is 15.9 Å². The molecule has 2 amide bonds. The predicted octanol–water partition coefficient (Wildman–Crippen LogP) is 4.09. The molecule has 1 atom stereocenters. The number of nitrogens with two attached hydrogens (primary N) is 1. The summed E-state index contributed by atoms with van der Waals surface area (Å²) in [4.78, 5) is 36.2. The van der Waals surface area contributed by atoms with Crippen LogP contribution in [0.25, 0.3) is 11.3 Å². The van der Waals surface area contributed by atoms with Crippen LogP contribution in [0.4, 0.5) is 11.6 Å². The van der Waals surface area contributed by atoms with Crippen molar-refractivity contribution in [1.82, 2.24) is 19.7 Å². The van der Waals surface area contributed by atoms with E-state index in [1.807, 2.05) is 52.8 Å². The first-order valence-electron chi connectivity index (χ1n) is 14.1. The quantitative estimate of drug-likeness (QED) is 0.338. The van der Waals surface area contributed by atoms with Crippen molar-refractivity contribution in [3.8, 4) is 17.1 Å². The van der Waals surface area contributed by atoms with E-state index < -0.39 is 27.9 Å². The number of hydrogen-bond donors (Lipinski definition) is 2. The SMILES string of the molecule is Cc1cccc(C)c1-c1cc2nc(n1)NS(=O)(=O)c1cccc(c1)C(=O)N(c1cnn(CC(N)=O)c1)[C@H](CC(C)(C)C)CO2. The van der Waals surface area contributed by atoms with Crippen molar-refractivity contribution in [3.63, 3.8) is 0 Å². The van der Waals surface area contributed by atoms with Crippen LogP contribution in [0.1, 0.15) is 48.7 Å². The van der Waals surface area contributed by atoms with Gasteiger partial charge in [0, 0.05) is 23.4 Å². The lowest BCUT2D eigenvalue weighted by molar-refractivity contribution is -0.118. The average Bonchev–Trinajstić information content (AvgIpc) is 3.37. The maximum absolute atomic E-state index is 14.3. The minimum absolute atomic E-state index is 0.0130. The number of hydrogen-bond acceptors (Lipinski definition) is 8. The zero-order valence-corrected chi connectivity index (χ0v) is 26.1. The minimum Gasteiger partial charge on any atom is -0.475 e. The number of nitrogens with one attached hydrogen (secondary N) is 1. The summed E-state index contributed by atoms with van der Waals surface area (Å²) >= 11 is 0. The van der Waals surface area contributed by atoms with E-state index in [1.165, 1.54) is 34.0 Å². The molecule has 0 aliphatic carbocycles. The second-order valence-corrected chi connectivity index (χ2v) is 13.8. The molecular weight excluding hydrogens is 582 g/mol. The Balaban J connectivity index is 1.70. The first kappa shape index (κ1) is 30.7. The van der Waals surface area contributed by atoms with Crippen LogP contribution in [0.15, 0.2) is 65.8 Å². The van der Waals surface area contributed by atoms with Crippen LogP contribution in [0.3, 0.4) is 0 Å². The topological polar surface area (TPSA) is 162 Å². The Kier molecular flexibility index (Phi) is 8.17. The number of benzene rings is 2. The number of carbonyl (C=O) groups is 2.